The molecule has 0 spiro atoms. The lowest BCUT2D eigenvalue weighted by Crippen LogP contribution is -2.14. The zero-order valence-electron chi connectivity index (χ0n) is 13.8. The Hall–Kier alpha value is -3.05. The second-order valence-electron chi connectivity index (χ2n) is 6.07. The minimum atomic E-state index is -1.20. The van der Waals surface area contributed by atoms with Gasteiger partial charge in [-0.25, -0.2) is 23.7 Å². The summed E-state index contributed by atoms with van der Waals surface area (Å²) in [7, 11) is 1.65. The number of nitrogen functional groups attached to an aromatic ring is 1. The van der Waals surface area contributed by atoms with E-state index in [0.29, 0.717) is 17.0 Å². The summed E-state index contributed by atoms with van der Waals surface area (Å²) < 4.78 is 28.5. The molecule has 0 saturated heterocycles. The highest BCUT2D eigenvalue weighted by Crippen LogP contribution is 2.26. The Kier molecular flexibility index (Phi) is 3.89. The first kappa shape index (κ1) is 16.8. The van der Waals surface area contributed by atoms with E-state index in [1.807, 2.05) is 0 Å². The predicted octanol–water partition coefficient (Wildman–Crippen LogP) is 2.01. The Morgan fingerprint density at radius 3 is 2.36 bits per heavy atom. The maximum atomic E-state index is 13.5. The topological polar surface area (TPSA) is 89.9 Å². The molecule has 0 radical (unpaired) electrons. The van der Waals surface area contributed by atoms with Gasteiger partial charge in [0.25, 0.3) is 0 Å². The van der Waals surface area contributed by atoms with Gasteiger partial charge in [-0.15, -0.1) is 0 Å². The molecule has 0 unspecified atom stereocenters. The van der Waals surface area contributed by atoms with Gasteiger partial charge in [-0.1, -0.05) is 5.92 Å². The van der Waals surface area contributed by atoms with Crippen molar-refractivity contribution in [3.63, 3.8) is 0 Å². The van der Waals surface area contributed by atoms with Gasteiger partial charge < -0.3 is 15.4 Å². The first-order valence-electron chi connectivity index (χ1n) is 7.36. The van der Waals surface area contributed by atoms with Gasteiger partial charge in [0, 0.05) is 18.7 Å². The Balaban J connectivity index is 2.19. The minimum Gasteiger partial charge on any atom is -0.382 e. The fourth-order valence-electron chi connectivity index (χ4n) is 2.29. The van der Waals surface area contributed by atoms with Crippen molar-refractivity contribution in [2.24, 2.45) is 7.05 Å². The molecule has 2 aromatic heterocycles. The Morgan fingerprint density at radius 1 is 1.12 bits per heavy atom. The molecule has 128 valence electrons. The predicted molar refractivity (Wildman–Crippen MR) is 89.2 cm³/mol. The number of aromatic nitrogens is 4. The molecule has 0 aliphatic rings. The third kappa shape index (κ3) is 3.41. The van der Waals surface area contributed by atoms with Crippen LogP contribution in [0.3, 0.4) is 0 Å². The number of aryl methyl sites for hydroxylation is 1. The average molecular weight is 343 g/mol. The van der Waals surface area contributed by atoms with Crippen LogP contribution < -0.4 is 5.73 Å². The number of benzene rings is 1. The summed E-state index contributed by atoms with van der Waals surface area (Å²) in [5.74, 6) is 4.33. The van der Waals surface area contributed by atoms with Gasteiger partial charge in [0.05, 0.1) is 0 Å². The molecule has 6 nitrogen and oxygen atoms in total. The summed E-state index contributed by atoms with van der Waals surface area (Å²) in [6, 6.07) is 3.12. The third-order valence-electron chi connectivity index (χ3n) is 3.35. The van der Waals surface area contributed by atoms with E-state index in [4.69, 9.17) is 5.73 Å². The van der Waals surface area contributed by atoms with Crippen LogP contribution >= 0.6 is 0 Å². The zero-order valence-corrected chi connectivity index (χ0v) is 13.8. The molecule has 3 N–H and O–H groups in total. The van der Waals surface area contributed by atoms with Crippen molar-refractivity contribution in [1.82, 2.24) is 19.5 Å². The van der Waals surface area contributed by atoms with Crippen LogP contribution in [-0.2, 0) is 7.05 Å². The van der Waals surface area contributed by atoms with Crippen molar-refractivity contribution >= 4 is 17.0 Å². The first-order chi connectivity index (χ1) is 11.6. The highest BCUT2D eigenvalue weighted by atomic mass is 19.1. The highest BCUT2D eigenvalue weighted by Gasteiger charge is 2.17. The largest absolute Gasteiger partial charge is 0.382 e. The molecule has 0 aliphatic carbocycles. The molecule has 25 heavy (non-hydrogen) atoms. The van der Waals surface area contributed by atoms with E-state index in [2.05, 4.69) is 26.8 Å². The Bertz CT molecular complexity index is 1020. The zero-order chi connectivity index (χ0) is 18.4. The molecule has 0 saturated carbocycles. The van der Waals surface area contributed by atoms with Crippen LogP contribution in [0.4, 0.5) is 14.6 Å². The number of halogens is 2. The average Bonchev–Trinajstić information content (AvgIpc) is 2.82. The SMILES string of the molecule is Cn1c(-c2cc(F)cc(F)c2)nc2c(N)nc(C#CC(C)(C)O)nc21. The molecule has 2 heterocycles. The van der Waals surface area contributed by atoms with Gasteiger partial charge in [-0.05, 0) is 31.9 Å². The summed E-state index contributed by atoms with van der Waals surface area (Å²) in [4.78, 5) is 12.6. The summed E-state index contributed by atoms with van der Waals surface area (Å²) in [6.45, 7) is 3.06. The van der Waals surface area contributed by atoms with Gasteiger partial charge in [0.1, 0.15) is 23.1 Å². The van der Waals surface area contributed by atoms with Crippen LogP contribution in [0.5, 0.6) is 0 Å². The van der Waals surface area contributed by atoms with E-state index < -0.39 is 17.2 Å². The van der Waals surface area contributed by atoms with Crippen LogP contribution in [0.2, 0.25) is 0 Å². The molecule has 0 fully saturated rings. The Labute approximate surface area is 142 Å². The minimum absolute atomic E-state index is 0.0868. The molecule has 0 amide bonds. The lowest BCUT2D eigenvalue weighted by molar-refractivity contribution is 0.143. The van der Waals surface area contributed by atoms with E-state index in [9.17, 15) is 13.9 Å². The van der Waals surface area contributed by atoms with Crippen LogP contribution in [0, 0.1) is 23.5 Å². The molecule has 0 aliphatic heterocycles. The number of anilines is 1. The summed E-state index contributed by atoms with van der Waals surface area (Å²) in [5, 5.41) is 9.67. The van der Waals surface area contributed by atoms with Crippen molar-refractivity contribution < 1.29 is 13.9 Å². The third-order valence-corrected chi connectivity index (χ3v) is 3.35. The number of imidazole rings is 1. The smallest absolute Gasteiger partial charge is 0.209 e. The van der Waals surface area contributed by atoms with Gasteiger partial charge in [0.15, 0.2) is 17.0 Å². The number of fused-ring (bicyclic) bond motifs is 1. The van der Waals surface area contributed by atoms with E-state index in [1.165, 1.54) is 26.0 Å². The monoisotopic (exact) mass is 343 g/mol. The molecule has 1 aromatic carbocycles. The van der Waals surface area contributed by atoms with Crippen LogP contribution in [0.15, 0.2) is 18.2 Å². The van der Waals surface area contributed by atoms with Crippen LogP contribution in [-0.4, -0.2) is 30.2 Å². The van der Waals surface area contributed by atoms with E-state index in [-0.39, 0.29) is 17.2 Å². The van der Waals surface area contributed by atoms with Crippen molar-refractivity contribution in [2.45, 2.75) is 19.4 Å². The number of hydrogen-bond donors (Lipinski definition) is 2. The normalized spacial score (nSPS) is 11.4. The fraction of sp³-hybridized carbons (Fsp3) is 0.235. The molecule has 3 rings (SSSR count). The molecule has 8 heteroatoms. The molecule has 0 bridgehead atoms. The second-order valence-corrected chi connectivity index (χ2v) is 6.07. The molecule has 3 aromatic rings. The number of aliphatic hydroxyl groups is 1. The van der Waals surface area contributed by atoms with Crippen LogP contribution in [0.1, 0.15) is 19.7 Å². The van der Waals surface area contributed by atoms with Gasteiger partial charge in [-0.2, -0.15) is 0 Å². The van der Waals surface area contributed by atoms with E-state index in [1.54, 1.807) is 11.6 Å². The number of rotatable bonds is 1. The lowest BCUT2D eigenvalue weighted by Gasteiger charge is -2.05. The van der Waals surface area contributed by atoms with Crippen molar-refractivity contribution in [3.8, 4) is 23.2 Å². The Morgan fingerprint density at radius 2 is 1.76 bits per heavy atom. The molecule has 0 atom stereocenters. The van der Waals surface area contributed by atoms with Gasteiger partial charge in [0.2, 0.25) is 5.82 Å². The maximum Gasteiger partial charge on any atom is 0.209 e. The van der Waals surface area contributed by atoms with Crippen molar-refractivity contribution in [2.75, 3.05) is 5.73 Å². The van der Waals surface area contributed by atoms with Gasteiger partial charge in [-0.3, -0.25) is 0 Å². The van der Waals surface area contributed by atoms with E-state index >= 15 is 0 Å². The van der Waals surface area contributed by atoms with Gasteiger partial charge >= 0.3 is 0 Å². The molecular weight excluding hydrogens is 328 g/mol. The lowest BCUT2D eigenvalue weighted by atomic mass is 10.1. The first-order valence-corrected chi connectivity index (χ1v) is 7.36. The number of nitrogens with two attached hydrogens (primary N) is 1. The summed E-state index contributed by atoms with van der Waals surface area (Å²) >= 11 is 0. The van der Waals surface area contributed by atoms with Crippen LogP contribution in [0.25, 0.3) is 22.6 Å². The summed E-state index contributed by atoms with van der Waals surface area (Å²) in [5.41, 5.74) is 5.63. The summed E-state index contributed by atoms with van der Waals surface area (Å²) in [6.07, 6.45) is 0. The highest BCUT2D eigenvalue weighted by molar-refractivity contribution is 5.85. The fourth-order valence-corrected chi connectivity index (χ4v) is 2.29. The quantitative estimate of drug-likeness (QED) is 0.660. The number of hydrogen-bond acceptors (Lipinski definition) is 5. The standard InChI is InChI=1S/C17H15F2N5O/c1-17(2,25)5-4-12-21-14(20)13-16(22-12)24(3)15(23-13)9-6-10(18)8-11(19)7-9/h6-8,25H,1-3H3,(H2,20,21,22). The van der Waals surface area contributed by atoms with Crippen molar-refractivity contribution in [1.29, 1.82) is 0 Å². The number of nitrogens with zero attached hydrogens (tertiary/aromatic N) is 4. The maximum absolute atomic E-state index is 13.5. The second kappa shape index (κ2) is 5.79. The van der Waals surface area contributed by atoms with Crippen molar-refractivity contribution in [3.05, 3.63) is 35.7 Å². The molecular formula is C17H15F2N5O. The van der Waals surface area contributed by atoms with E-state index in [0.717, 1.165) is 6.07 Å².